The van der Waals surface area contributed by atoms with Crippen LogP contribution in [-0.4, -0.2) is 63.7 Å². The first-order valence-corrected chi connectivity index (χ1v) is 14.9. The summed E-state index contributed by atoms with van der Waals surface area (Å²) in [5, 5.41) is 2.85. The summed E-state index contributed by atoms with van der Waals surface area (Å²) >= 11 is 3.45. The fourth-order valence-electron chi connectivity index (χ4n) is 4.00. The number of carbonyl (C=O) groups excluding carboxylic acids is 2. The number of rotatable bonds is 12. The fourth-order valence-corrected chi connectivity index (χ4v) is 5.41. The quantitative estimate of drug-likeness (QED) is 0.401. The number of hydrogen-bond acceptors (Lipinski definition) is 6. The van der Waals surface area contributed by atoms with Gasteiger partial charge in [0.1, 0.15) is 19.3 Å². The van der Waals surface area contributed by atoms with Crippen molar-refractivity contribution in [2.24, 2.45) is 0 Å². The lowest BCUT2D eigenvalue weighted by Gasteiger charge is -2.29. The molecule has 0 unspecified atom stereocenters. The zero-order valence-electron chi connectivity index (χ0n) is 21.4. The minimum Gasteiger partial charge on any atom is -0.486 e. The van der Waals surface area contributed by atoms with Crippen LogP contribution in [0.1, 0.15) is 38.7 Å². The van der Waals surface area contributed by atoms with Gasteiger partial charge < -0.3 is 19.7 Å². The maximum absolute atomic E-state index is 13.3. The standard InChI is InChI=1S/C26H34BrN3O6S/c1-4-12-28-26(32)19(2)29(18-20-7-5-8-21(27)16-20)25(31)9-6-13-30(37(3,33)34)22-10-11-23-24(17-22)36-15-14-35-23/h5,7-8,10-11,16-17,19H,4,6,9,12-15,18H2,1-3H3,(H,28,32)/t19-/m1/s1. The molecule has 3 rings (SSSR count). The van der Waals surface area contributed by atoms with Gasteiger partial charge in [-0.05, 0) is 49.6 Å². The lowest BCUT2D eigenvalue weighted by Crippen LogP contribution is -2.47. The van der Waals surface area contributed by atoms with Gasteiger partial charge in [0, 0.05) is 36.6 Å². The van der Waals surface area contributed by atoms with Crippen LogP contribution < -0.4 is 19.1 Å². The molecule has 11 heteroatoms. The number of anilines is 1. The largest absolute Gasteiger partial charge is 0.486 e. The third kappa shape index (κ3) is 8.10. The van der Waals surface area contributed by atoms with Crippen LogP contribution >= 0.6 is 15.9 Å². The Kier molecular flexibility index (Phi) is 10.2. The highest BCUT2D eigenvalue weighted by Crippen LogP contribution is 2.34. The topological polar surface area (TPSA) is 105 Å². The van der Waals surface area contributed by atoms with Crippen molar-refractivity contribution in [3.8, 4) is 11.5 Å². The predicted octanol–water partition coefficient (Wildman–Crippen LogP) is 3.71. The van der Waals surface area contributed by atoms with Crippen molar-refractivity contribution in [1.29, 1.82) is 0 Å². The third-order valence-corrected chi connectivity index (χ3v) is 7.61. The smallest absolute Gasteiger partial charge is 0.242 e. The molecule has 0 bridgehead atoms. The number of carbonyl (C=O) groups is 2. The molecular weight excluding hydrogens is 562 g/mol. The van der Waals surface area contributed by atoms with Crippen LogP contribution in [0.5, 0.6) is 11.5 Å². The highest BCUT2D eigenvalue weighted by atomic mass is 79.9. The molecular formula is C26H34BrN3O6S. The Morgan fingerprint density at radius 1 is 1.11 bits per heavy atom. The van der Waals surface area contributed by atoms with E-state index in [0.29, 0.717) is 36.9 Å². The van der Waals surface area contributed by atoms with E-state index in [9.17, 15) is 18.0 Å². The first kappa shape index (κ1) is 28.8. The van der Waals surface area contributed by atoms with E-state index in [4.69, 9.17) is 9.47 Å². The Morgan fingerprint density at radius 3 is 2.51 bits per heavy atom. The van der Waals surface area contributed by atoms with Crippen molar-refractivity contribution in [3.63, 3.8) is 0 Å². The minimum atomic E-state index is -3.61. The van der Waals surface area contributed by atoms with Gasteiger partial charge in [-0.3, -0.25) is 13.9 Å². The number of amides is 2. The molecule has 202 valence electrons. The Balaban J connectivity index is 1.73. The van der Waals surface area contributed by atoms with E-state index in [-0.39, 0.29) is 37.7 Å². The van der Waals surface area contributed by atoms with Gasteiger partial charge in [0.2, 0.25) is 21.8 Å². The second-order valence-electron chi connectivity index (χ2n) is 8.89. The molecule has 2 aromatic rings. The molecule has 1 aliphatic heterocycles. The zero-order valence-corrected chi connectivity index (χ0v) is 23.8. The molecule has 0 saturated carbocycles. The molecule has 1 atom stereocenters. The van der Waals surface area contributed by atoms with E-state index in [2.05, 4.69) is 21.2 Å². The number of nitrogens with zero attached hydrogens (tertiary/aromatic N) is 2. The first-order chi connectivity index (χ1) is 17.6. The maximum atomic E-state index is 13.3. The summed E-state index contributed by atoms with van der Waals surface area (Å²) < 4.78 is 38.4. The highest BCUT2D eigenvalue weighted by Gasteiger charge is 2.27. The second kappa shape index (κ2) is 13.1. The molecule has 0 spiro atoms. The van der Waals surface area contributed by atoms with Crippen molar-refractivity contribution in [3.05, 3.63) is 52.5 Å². The molecule has 1 heterocycles. The van der Waals surface area contributed by atoms with Crippen molar-refractivity contribution in [2.75, 3.05) is 36.9 Å². The Morgan fingerprint density at radius 2 is 1.84 bits per heavy atom. The number of halogens is 1. The molecule has 0 radical (unpaired) electrons. The summed E-state index contributed by atoms with van der Waals surface area (Å²) in [6, 6.07) is 11.9. The highest BCUT2D eigenvalue weighted by molar-refractivity contribution is 9.10. The Labute approximate surface area is 227 Å². The SMILES string of the molecule is CCCNC(=O)[C@@H](C)N(Cc1cccc(Br)c1)C(=O)CCCN(c1ccc2c(c1)OCCO2)S(C)(=O)=O. The number of ether oxygens (including phenoxy) is 2. The van der Waals surface area contributed by atoms with Crippen LogP contribution in [0.2, 0.25) is 0 Å². The summed E-state index contributed by atoms with van der Waals surface area (Å²) in [6.07, 6.45) is 2.28. The van der Waals surface area contributed by atoms with Crippen LogP contribution in [0.3, 0.4) is 0 Å². The summed E-state index contributed by atoms with van der Waals surface area (Å²) in [4.78, 5) is 27.6. The van der Waals surface area contributed by atoms with Gasteiger partial charge in [-0.1, -0.05) is 35.0 Å². The molecule has 2 amide bonds. The van der Waals surface area contributed by atoms with Gasteiger partial charge in [0.15, 0.2) is 11.5 Å². The van der Waals surface area contributed by atoms with E-state index >= 15 is 0 Å². The van der Waals surface area contributed by atoms with Crippen molar-refractivity contribution in [2.45, 2.75) is 45.7 Å². The van der Waals surface area contributed by atoms with E-state index in [1.165, 1.54) is 4.31 Å². The fraction of sp³-hybridized carbons (Fsp3) is 0.462. The molecule has 1 aliphatic rings. The Bertz CT molecular complexity index is 1210. The average molecular weight is 597 g/mol. The lowest BCUT2D eigenvalue weighted by atomic mass is 10.1. The van der Waals surface area contributed by atoms with Crippen molar-refractivity contribution < 1.29 is 27.5 Å². The number of nitrogens with one attached hydrogen (secondary N) is 1. The van der Waals surface area contributed by atoms with Crippen LogP contribution in [0.15, 0.2) is 46.9 Å². The minimum absolute atomic E-state index is 0.0793. The Hall–Kier alpha value is -2.79. The van der Waals surface area contributed by atoms with Crippen LogP contribution in [0.25, 0.3) is 0 Å². The second-order valence-corrected chi connectivity index (χ2v) is 11.7. The van der Waals surface area contributed by atoms with Crippen molar-refractivity contribution in [1.82, 2.24) is 10.2 Å². The van der Waals surface area contributed by atoms with Crippen LogP contribution in [0, 0.1) is 0 Å². The molecule has 0 aliphatic carbocycles. The average Bonchev–Trinajstić information content (AvgIpc) is 2.86. The van der Waals surface area contributed by atoms with E-state index in [0.717, 1.165) is 22.7 Å². The van der Waals surface area contributed by atoms with Crippen molar-refractivity contribution >= 4 is 43.5 Å². The molecule has 0 saturated heterocycles. The lowest BCUT2D eigenvalue weighted by molar-refractivity contribution is -0.140. The number of benzene rings is 2. The predicted molar refractivity (Wildman–Crippen MR) is 146 cm³/mol. The zero-order chi connectivity index (χ0) is 27.0. The normalized spacial score (nSPS) is 13.5. The number of sulfonamides is 1. The van der Waals surface area contributed by atoms with E-state index < -0.39 is 16.1 Å². The summed E-state index contributed by atoms with van der Waals surface area (Å²) in [5.41, 5.74) is 1.32. The molecule has 2 aromatic carbocycles. The van der Waals surface area contributed by atoms with Gasteiger partial charge in [0.25, 0.3) is 0 Å². The first-order valence-electron chi connectivity index (χ1n) is 12.3. The number of hydrogen-bond donors (Lipinski definition) is 1. The van der Waals surface area contributed by atoms with Gasteiger partial charge in [0.05, 0.1) is 11.9 Å². The molecule has 9 nitrogen and oxygen atoms in total. The van der Waals surface area contributed by atoms with Gasteiger partial charge in [-0.25, -0.2) is 8.42 Å². The number of fused-ring (bicyclic) bond motifs is 1. The van der Waals surface area contributed by atoms with Gasteiger partial charge >= 0.3 is 0 Å². The molecule has 1 N–H and O–H groups in total. The van der Waals surface area contributed by atoms with E-state index in [1.54, 1.807) is 30.0 Å². The molecule has 0 aromatic heterocycles. The molecule has 37 heavy (non-hydrogen) atoms. The maximum Gasteiger partial charge on any atom is 0.242 e. The van der Waals surface area contributed by atoms with E-state index in [1.807, 2.05) is 31.2 Å². The summed E-state index contributed by atoms with van der Waals surface area (Å²) in [5.74, 6) is 0.603. The van der Waals surface area contributed by atoms with Gasteiger partial charge in [-0.2, -0.15) is 0 Å². The summed E-state index contributed by atoms with van der Waals surface area (Å²) in [6.45, 7) is 5.39. The van der Waals surface area contributed by atoms with Crippen LogP contribution in [0.4, 0.5) is 5.69 Å². The summed E-state index contributed by atoms with van der Waals surface area (Å²) in [7, 11) is -3.61. The molecule has 0 fully saturated rings. The van der Waals surface area contributed by atoms with Crippen LogP contribution in [-0.2, 0) is 26.2 Å². The monoisotopic (exact) mass is 595 g/mol. The van der Waals surface area contributed by atoms with Gasteiger partial charge in [-0.15, -0.1) is 0 Å². The third-order valence-electron chi connectivity index (χ3n) is 5.92.